The van der Waals surface area contributed by atoms with Gasteiger partial charge in [0.25, 0.3) is 0 Å². The zero-order chi connectivity index (χ0) is 45.4. The van der Waals surface area contributed by atoms with Gasteiger partial charge in [0.15, 0.2) is 0 Å². The van der Waals surface area contributed by atoms with Gasteiger partial charge in [0.2, 0.25) is 17.7 Å². The number of aliphatic hydroxyl groups is 1. The third-order valence-corrected chi connectivity index (χ3v) is 11.9. The van der Waals surface area contributed by atoms with E-state index in [1.165, 1.54) is 32.1 Å². The van der Waals surface area contributed by atoms with Gasteiger partial charge in [-0.3, -0.25) is 14.4 Å². The van der Waals surface area contributed by atoms with Gasteiger partial charge in [0.1, 0.15) is 11.7 Å². The second-order valence-corrected chi connectivity index (χ2v) is 17.0. The quantitative estimate of drug-likeness (QED) is 0.0354. The number of amides is 5. The van der Waals surface area contributed by atoms with Crippen LogP contribution in [-0.4, -0.2) is 69.6 Å². The monoisotopic (exact) mass is 877 g/mol. The van der Waals surface area contributed by atoms with Crippen LogP contribution in [0.2, 0.25) is 0 Å². The first-order chi connectivity index (χ1) is 31.3. The van der Waals surface area contributed by atoms with Crippen LogP contribution in [-0.2, 0) is 33.9 Å². The molecule has 1 unspecified atom stereocenters. The predicted molar refractivity (Wildman–Crippen MR) is 256 cm³/mol. The van der Waals surface area contributed by atoms with Gasteiger partial charge in [0.05, 0.1) is 17.9 Å². The number of carbonyl (C=O) groups excluding carboxylic acids is 4. The van der Waals surface area contributed by atoms with Crippen LogP contribution in [0.15, 0.2) is 72.8 Å². The van der Waals surface area contributed by atoms with Crippen LogP contribution in [0.25, 0.3) is 22.5 Å². The Kier molecular flexibility index (Phi) is 21.3. The zero-order valence-electron chi connectivity index (χ0n) is 38.3. The largest absolute Gasteiger partial charge is 0.396 e. The van der Waals surface area contributed by atoms with Crippen LogP contribution in [0.5, 0.6) is 0 Å². The molecule has 5 rings (SSSR count). The Hall–Kier alpha value is -5.56. The summed E-state index contributed by atoms with van der Waals surface area (Å²) in [5.41, 5.74) is 6.86. The zero-order valence-corrected chi connectivity index (χ0v) is 38.3. The van der Waals surface area contributed by atoms with E-state index in [4.69, 9.17) is 10.2 Å². The molecule has 0 radical (unpaired) electrons. The number of aryl methyl sites for hydroxylation is 2. The van der Waals surface area contributed by atoms with E-state index in [-0.39, 0.29) is 24.3 Å². The minimum atomic E-state index is -0.750. The average Bonchev–Trinajstić information content (AvgIpc) is 3.72. The van der Waals surface area contributed by atoms with Gasteiger partial charge in [-0.15, -0.1) is 5.10 Å². The molecule has 0 fully saturated rings. The van der Waals surface area contributed by atoms with Gasteiger partial charge in [-0.1, -0.05) is 125 Å². The third-order valence-electron chi connectivity index (χ3n) is 11.9. The molecule has 5 amide bonds. The Morgan fingerprint density at radius 2 is 1.42 bits per heavy atom. The number of carbonyl (C=O) groups is 4. The molecule has 3 aromatic carbocycles. The van der Waals surface area contributed by atoms with E-state index < -0.39 is 12.1 Å². The first-order valence-electron chi connectivity index (χ1n) is 24.1. The lowest BCUT2D eigenvalue weighted by atomic mass is 9.95. The Labute approximate surface area is 380 Å². The second-order valence-electron chi connectivity index (χ2n) is 17.0. The fourth-order valence-electron chi connectivity index (χ4n) is 8.29. The highest BCUT2D eigenvalue weighted by atomic mass is 16.3. The maximum atomic E-state index is 14.1. The summed E-state index contributed by atoms with van der Waals surface area (Å²) in [6.07, 6.45) is 16.3. The van der Waals surface area contributed by atoms with E-state index in [2.05, 4.69) is 40.3 Å². The molecular formula is C51H72N8O5. The number of para-hydroxylation sites is 1. The molecule has 13 heteroatoms. The number of nitrogens with zero attached hydrogens (tertiary/aromatic N) is 4. The van der Waals surface area contributed by atoms with Crippen LogP contribution < -0.4 is 26.2 Å². The average molecular weight is 877 g/mol. The molecule has 1 aliphatic heterocycles. The van der Waals surface area contributed by atoms with Crippen molar-refractivity contribution in [3.05, 3.63) is 83.9 Å². The maximum Gasteiger partial charge on any atom is 0.319 e. The van der Waals surface area contributed by atoms with E-state index in [9.17, 15) is 19.2 Å². The first-order valence-corrected chi connectivity index (χ1v) is 24.1. The Morgan fingerprint density at radius 1 is 0.719 bits per heavy atom. The van der Waals surface area contributed by atoms with Crippen LogP contribution in [0.1, 0.15) is 141 Å². The lowest BCUT2D eigenvalue weighted by molar-refractivity contribution is -0.123. The predicted octanol–water partition coefficient (Wildman–Crippen LogP) is 9.48. The molecule has 2 heterocycles. The molecule has 0 saturated carbocycles. The number of nitrogens with one attached hydrogen (secondary N) is 4. The first kappa shape index (κ1) is 49.5. The molecule has 4 aromatic rings. The van der Waals surface area contributed by atoms with Crippen LogP contribution in [0, 0.1) is 0 Å². The van der Waals surface area contributed by atoms with Gasteiger partial charge in [-0.05, 0) is 87.1 Å². The summed E-state index contributed by atoms with van der Waals surface area (Å²) >= 11 is 0. The Morgan fingerprint density at radius 3 is 2.20 bits per heavy atom. The van der Waals surface area contributed by atoms with Gasteiger partial charge in [-0.25, -0.2) is 9.48 Å². The van der Waals surface area contributed by atoms with Crippen molar-refractivity contribution in [3.8, 4) is 22.5 Å². The minimum Gasteiger partial charge on any atom is -0.396 e. The van der Waals surface area contributed by atoms with Crippen molar-refractivity contribution >= 4 is 35.1 Å². The summed E-state index contributed by atoms with van der Waals surface area (Å²) in [6.45, 7) is 6.52. The molecule has 0 aliphatic carbocycles. The normalized spacial score (nSPS) is 12.3. The number of anilines is 2. The summed E-state index contributed by atoms with van der Waals surface area (Å²) < 4.78 is 1.90. The fraction of sp³-hybridized carbons (Fsp3) is 0.529. The van der Waals surface area contributed by atoms with Crippen molar-refractivity contribution in [1.29, 1.82) is 0 Å². The number of hydrogen-bond acceptors (Lipinski definition) is 7. The molecule has 0 bridgehead atoms. The summed E-state index contributed by atoms with van der Waals surface area (Å²) in [6, 6.07) is 22.4. The summed E-state index contributed by atoms with van der Waals surface area (Å²) in [5.74, 6) is -0.187. The van der Waals surface area contributed by atoms with Crippen molar-refractivity contribution in [3.63, 3.8) is 0 Å². The standard InChI is InChI=1S/C51H72N8O5/c1-3-5-6-7-8-9-19-33-52-46(61)31-16-17-32-47(62)58-38-40-25-12-13-27-42(40)48-49(43-28-14-15-30-45(43)58)59(57-56-48)35-21-18-29-44(50(63)53-34-20-10-11-22-36-60)55-51(64)54-41-26-23-24-39(4-2)37-41/h12-15,23-28,30,37,44,60H,3-11,16-22,29,31-36,38H2,1-2H3,(H,52,61)(H,53,63)(H2,54,55,64). The molecule has 346 valence electrons. The maximum absolute atomic E-state index is 14.1. The van der Waals surface area contributed by atoms with E-state index in [1.54, 1.807) is 0 Å². The van der Waals surface area contributed by atoms with Crippen molar-refractivity contribution < 1.29 is 24.3 Å². The van der Waals surface area contributed by atoms with Crippen LogP contribution in [0.4, 0.5) is 16.2 Å². The molecule has 0 saturated heterocycles. The molecule has 5 N–H and O–H groups in total. The molecule has 1 aliphatic rings. The molecule has 0 spiro atoms. The molecule has 13 nitrogen and oxygen atoms in total. The molecule has 64 heavy (non-hydrogen) atoms. The van der Waals surface area contributed by atoms with Crippen molar-refractivity contribution in [2.45, 2.75) is 155 Å². The van der Waals surface area contributed by atoms with Crippen molar-refractivity contribution in [2.75, 3.05) is 29.9 Å². The van der Waals surface area contributed by atoms with Gasteiger partial charge in [-0.2, -0.15) is 0 Å². The number of aliphatic hydroxyl groups excluding tert-OH is 1. The number of benzene rings is 3. The second kappa shape index (κ2) is 27.6. The highest BCUT2D eigenvalue weighted by Gasteiger charge is 2.29. The van der Waals surface area contributed by atoms with Crippen LogP contribution in [0.3, 0.4) is 0 Å². The minimum absolute atomic E-state index is 0.00251. The SMILES string of the molecule is CCCCCCCCCNC(=O)CCCCC(=O)N1Cc2ccccc2-c2nnn(CCCCC(NC(=O)Nc3cccc(CC)c3)C(=O)NCCCCCCO)c2-c2ccccc21. The lowest BCUT2D eigenvalue weighted by Crippen LogP contribution is -2.48. The number of fused-ring (bicyclic) bond motifs is 5. The van der Waals surface area contributed by atoms with Gasteiger partial charge in [0, 0.05) is 55.9 Å². The number of aromatic nitrogens is 3. The van der Waals surface area contributed by atoms with Crippen LogP contribution >= 0.6 is 0 Å². The van der Waals surface area contributed by atoms with E-state index in [0.29, 0.717) is 76.8 Å². The molecular weight excluding hydrogens is 805 g/mol. The van der Waals surface area contributed by atoms with E-state index in [1.807, 2.05) is 82.4 Å². The number of urea groups is 1. The number of hydrogen-bond donors (Lipinski definition) is 5. The lowest BCUT2D eigenvalue weighted by Gasteiger charge is -2.29. The summed E-state index contributed by atoms with van der Waals surface area (Å²) in [7, 11) is 0. The molecule has 1 atom stereocenters. The number of rotatable bonds is 28. The summed E-state index contributed by atoms with van der Waals surface area (Å²) in [5, 5.41) is 30.3. The highest BCUT2D eigenvalue weighted by Crippen LogP contribution is 2.41. The molecule has 1 aromatic heterocycles. The third kappa shape index (κ3) is 15.6. The van der Waals surface area contributed by atoms with E-state index in [0.717, 1.165) is 84.3 Å². The highest BCUT2D eigenvalue weighted by molar-refractivity contribution is 6.00. The number of unbranched alkanes of at least 4 members (excludes halogenated alkanes) is 11. The Bertz CT molecular complexity index is 2070. The van der Waals surface area contributed by atoms with Gasteiger partial charge < -0.3 is 31.3 Å². The topological polar surface area (TPSA) is 171 Å². The van der Waals surface area contributed by atoms with Crippen molar-refractivity contribution in [2.24, 2.45) is 0 Å². The van der Waals surface area contributed by atoms with E-state index >= 15 is 0 Å². The van der Waals surface area contributed by atoms with Crippen molar-refractivity contribution in [1.82, 2.24) is 30.9 Å². The fourth-order valence-corrected chi connectivity index (χ4v) is 8.29. The smallest absolute Gasteiger partial charge is 0.319 e. The Balaban J connectivity index is 1.22. The van der Waals surface area contributed by atoms with Gasteiger partial charge >= 0.3 is 6.03 Å². The summed E-state index contributed by atoms with van der Waals surface area (Å²) in [4.78, 5) is 55.2.